The molecule has 1 amide bonds. The van der Waals surface area contributed by atoms with Crippen molar-refractivity contribution in [1.82, 2.24) is 10.3 Å². The first-order valence-corrected chi connectivity index (χ1v) is 12.2. The van der Waals surface area contributed by atoms with E-state index >= 15 is 0 Å². The number of carbonyl (C=O) groups excluding carboxylic acids is 1. The first-order chi connectivity index (χ1) is 18.1. The maximum Gasteiger partial charge on any atom is 0.251 e. The lowest BCUT2D eigenvalue weighted by atomic mass is 9.83. The zero-order valence-corrected chi connectivity index (χ0v) is 19.7. The third-order valence-electron chi connectivity index (χ3n) is 7.34. The van der Waals surface area contributed by atoms with E-state index in [0.717, 1.165) is 44.2 Å². The molecule has 5 aromatic rings. The molecule has 7 rings (SSSR count). The Labute approximate surface area is 212 Å². The second-order valence-corrected chi connectivity index (χ2v) is 9.50. The molecular weight excluding hydrogens is 465 g/mol. The molecule has 0 spiro atoms. The number of aromatic nitrogens is 1. The first kappa shape index (κ1) is 21.7. The number of halogens is 1. The number of anilines is 1. The van der Waals surface area contributed by atoms with E-state index in [1.54, 1.807) is 18.3 Å². The van der Waals surface area contributed by atoms with Crippen LogP contribution < -0.4 is 11.1 Å². The molecule has 5 nitrogen and oxygen atoms in total. The smallest absolute Gasteiger partial charge is 0.251 e. The SMILES string of the molecule is Nc1nccc2cc(CNC(=O)c3ccc4c(c3)C3OC4c4cc(-c5ccccc5F)ccc43)ccc12. The lowest BCUT2D eigenvalue weighted by Crippen LogP contribution is -2.23. The second kappa shape index (κ2) is 8.25. The molecule has 4 aromatic carbocycles. The number of pyridine rings is 1. The van der Waals surface area contributed by atoms with Crippen LogP contribution in [0.4, 0.5) is 10.2 Å². The van der Waals surface area contributed by atoms with E-state index in [4.69, 9.17) is 10.5 Å². The molecule has 180 valence electrons. The summed E-state index contributed by atoms with van der Waals surface area (Å²) < 4.78 is 20.7. The second-order valence-electron chi connectivity index (χ2n) is 9.50. The number of hydrogen-bond donors (Lipinski definition) is 2. The van der Waals surface area contributed by atoms with Gasteiger partial charge in [0.05, 0.1) is 0 Å². The molecule has 6 heteroatoms. The number of ether oxygens (including phenoxy) is 1. The summed E-state index contributed by atoms with van der Waals surface area (Å²) in [7, 11) is 0. The zero-order chi connectivity index (χ0) is 25.1. The Morgan fingerprint density at radius 2 is 1.68 bits per heavy atom. The van der Waals surface area contributed by atoms with Crippen LogP contribution in [0, 0.1) is 5.82 Å². The average Bonchev–Trinajstić information content (AvgIpc) is 3.49. The first-order valence-electron chi connectivity index (χ1n) is 12.2. The van der Waals surface area contributed by atoms with Crippen LogP contribution in [0.25, 0.3) is 21.9 Å². The quantitative estimate of drug-likeness (QED) is 0.322. The monoisotopic (exact) mass is 487 g/mol. The minimum Gasteiger partial charge on any atom is -0.383 e. The van der Waals surface area contributed by atoms with Crippen molar-refractivity contribution in [2.45, 2.75) is 18.8 Å². The number of hydrogen-bond acceptors (Lipinski definition) is 4. The largest absolute Gasteiger partial charge is 0.383 e. The normalized spacial score (nSPS) is 17.0. The van der Waals surface area contributed by atoms with Gasteiger partial charge < -0.3 is 15.8 Å². The highest BCUT2D eigenvalue weighted by molar-refractivity contribution is 5.95. The number of nitrogens with two attached hydrogens (primary N) is 1. The Balaban J connectivity index is 1.12. The van der Waals surface area contributed by atoms with Gasteiger partial charge in [0.15, 0.2) is 0 Å². The Bertz CT molecular complexity index is 1730. The van der Waals surface area contributed by atoms with Crippen molar-refractivity contribution >= 4 is 22.5 Å². The van der Waals surface area contributed by atoms with Crippen molar-refractivity contribution < 1.29 is 13.9 Å². The topological polar surface area (TPSA) is 77.2 Å². The predicted molar refractivity (Wildman–Crippen MR) is 140 cm³/mol. The van der Waals surface area contributed by atoms with Crippen molar-refractivity contribution in [2.75, 3.05) is 5.73 Å². The fourth-order valence-corrected chi connectivity index (χ4v) is 5.49. The highest BCUT2D eigenvalue weighted by Gasteiger charge is 2.43. The Hall–Kier alpha value is -4.55. The van der Waals surface area contributed by atoms with Gasteiger partial charge in [0, 0.05) is 29.3 Å². The summed E-state index contributed by atoms with van der Waals surface area (Å²) in [4.78, 5) is 17.1. The van der Waals surface area contributed by atoms with Gasteiger partial charge in [-0.1, -0.05) is 48.5 Å². The van der Waals surface area contributed by atoms with Gasteiger partial charge in [-0.15, -0.1) is 0 Å². The summed E-state index contributed by atoms with van der Waals surface area (Å²) in [6, 6.07) is 26.3. The summed E-state index contributed by atoms with van der Waals surface area (Å²) in [6.45, 7) is 0.401. The van der Waals surface area contributed by atoms with Crippen molar-refractivity contribution in [1.29, 1.82) is 0 Å². The summed E-state index contributed by atoms with van der Waals surface area (Å²) in [5.74, 6) is 0.107. The number of benzene rings is 4. The van der Waals surface area contributed by atoms with E-state index in [-0.39, 0.29) is 23.9 Å². The van der Waals surface area contributed by atoms with Crippen LogP contribution >= 0.6 is 0 Å². The van der Waals surface area contributed by atoms with Crippen molar-refractivity contribution in [3.05, 3.63) is 130 Å². The predicted octanol–water partition coefficient (Wildman–Crippen LogP) is 6.08. The van der Waals surface area contributed by atoms with E-state index in [0.29, 0.717) is 23.5 Å². The maximum atomic E-state index is 14.4. The van der Waals surface area contributed by atoms with Crippen LogP contribution in [-0.2, 0) is 11.3 Å². The summed E-state index contributed by atoms with van der Waals surface area (Å²) in [5.41, 5.74) is 13.1. The third kappa shape index (κ3) is 3.49. The average molecular weight is 488 g/mol. The number of rotatable bonds is 4. The molecule has 3 heterocycles. The van der Waals surface area contributed by atoms with Crippen LogP contribution in [0.1, 0.15) is 50.4 Å². The molecule has 0 saturated heterocycles. The maximum absolute atomic E-state index is 14.4. The molecule has 3 N–H and O–H groups in total. The van der Waals surface area contributed by atoms with Gasteiger partial charge in [-0.2, -0.15) is 0 Å². The molecule has 1 aromatic heterocycles. The van der Waals surface area contributed by atoms with Gasteiger partial charge in [-0.05, 0) is 75.2 Å². The van der Waals surface area contributed by atoms with Crippen LogP contribution in [0.15, 0.2) is 91.1 Å². The summed E-state index contributed by atoms with van der Waals surface area (Å²) in [5, 5.41) is 4.90. The highest BCUT2D eigenvalue weighted by Crippen LogP contribution is 2.54. The van der Waals surface area contributed by atoms with Crippen molar-refractivity contribution in [3.8, 4) is 11.1 Å². The van der Waals surface area contributed by atoms with E-state index in [1.165, 1.54) is 6.07 Å². The molecule has 2 aliphatic rings. The number of amides is 1. The lowest BCUT2D eigenvalue weighted by Gasteiger charge is -2.18. The van der Waals surface area contributed by atoms with Gasteiger partial charge in [0.2, 0.25) is 0 Å². The number of fused-ring (bicyclic) bond motifs is 9. The standard InChI is InChI=1S/C31H22FN3O2/c32-27-4-2-1-3-21(27)18-6-9-23-25(14-18)28-24-10-7-20(15-26(24)29(23)37-28)31(36)35-16-17-5-8-22-19(13-17)11-12-34-30(22)33/h1-15,28-29H,16H2,(H2,33,34)(H,35,36). The van der Waals surface area contributed by atoms with Gasteiger partial charge in [-0.25, -0.2) is 9.37 Å². The van der Waals surface area contributed by atoms with Gasteiger partial charge in [0.25, 0.3) is 5.91 Å². The van der Waals surface area contributed by atoms with E-state index < -0.39 is 0 Å². The zero-order valence-electron chi connectivity index (χ0n) is 19.7. The molecular formula is C31H22FN3O2. The van der Waals surface area contributed by atoms with E-state index in [2.05, 4.69) is 10.3 Å². The van der Waals surface area contributed by atoms with Crippen LogP contribution in [0.3, 0.4) is 0 Å². The van der Waals surface area contributed by atoms with E-state index in [1.807, 2.05) is 66.7 Å². The summed E-state index contributed by atoms with van der Waals surface area (Å²) >= 11 is 0. The number of carbonyl (C=O) groups is 1. The van der Waals surface area contributed by atoms with Crippen molar-refractivity contribution in [2.24, 2.45) is 0 Å². The third-order valence-corrected chi connectivity index (χ3v) is 7.34. The van der Waals surface area contributed by atoms with Crippen LogP contribution in [-0.4, -0.2) is 10.9 Å². The van der Waals surface area contributed by atoms with Crippen molar-refractivity contribution in [3.63, 3.8) is 0 Å². The Morgan fingerprint density at radius 1 is 0.892 bits per heavy atom. The molecule has 2 aliphatic heterocycles. The van der Waals surface area contributed by atoms with E-state index in [9.17, 15) is 9.18 Å². The fourth-order valence-electron chi connectivity index (χ4n) is 5.49. The Kier molecular flexibility index (Phi) is 4.84. The molecule has 2 unspecified atom stereocenters. The molecule has 2 bridgehead atoms. The minimum atomic E-state index is -0.243. The lowest BCUT2D eigenvalue weighted by molar-refractivity contribution is 0.0857. The number of nitrogens with zero attached hydrogens (tertiary/aromatic N) is 1. The fraction of sp³-hybridized carbons (Fsp3) is 0.0968. The molecule has 37 heavy (non-hydrogen) atoms. The molecule has 2 atom stereocenters. The van der Waals surface area contributed by atoms with Crippen LogP contribution in [0.2, 0.25) is 0 Å². The van der Waals surface area contributed by atoms with Gasteiger partial charge >= 0.3 is 0 Å². The van der Waals surface area contributed by atoms with Gasteiger partial charge in [-0.3, -0.25) is 4.79 Å². The van der Waals surface area contributed by atoms with Gasteiger partial charge in [0.1, 0.15) is 23.8 Å². The molecule has 0 saturated carbocycles. The molecule has 0 fully saturated rings. The van der Waals surface area contributed by atoms with Crippen LogP contribution in [0.5, 0.6) is 0 Å². The number of nitrogens with one attached hydrogen (secondary N) is 1. The summed E-state index contributed by atoms with van der Waals surface area (Å²) in [6.07, 6.45) is 1.24. The number of nitrogen functional groups attached to an aromatic ring is 1. The Morgan fingerprint density at radius 3 is 2.51 bits per heavy atom. The molecule has 0 aliphatic carbocycles. The highest BCUT2D eigenvalue weighted by atomic mass is 19.1. The molecule has 0 radical (unpaired) electrons. The minimum absolute atomic E-state index is 0.143.